The van der Waals surface area contributed by atoms with E-state index in [4.69, 9.17) is 13.9 Å². The van der Waals surface area contributed by atoms with Crippen molar-refractivity contribution < 1.29 is 18.7 Å². The minimum atomic E-state index is -0.169. The number of hydrogen-bond donors (Lipinski definition) is 1. The number of fused-ring (bicyclic) bond motifs is 1. The van der Waals surface area contributed by atoms with Gasteiger partial charge in [-0.15, -0.1) is 0 Å². The minimum absolute atomic E-state index is 0.169. The average molecular weight is 273 g/mol. The molecule has 20 heavy (non-hydrogen) atoms. The van der Waals surface area contributed by atoms with Gasteiger partial charge >= 0.3 is 0 Å². The Balaban J connectivity index is 1.70. The van der Waals surface area contributed by atoms with Crippen LogP contribution >= 0.6 is 0 Å². The van der Waals surface area contributed by atoms with Gasteiger partial charge < -0.3 is 19.2 Å². The van der Waals surface area contributed by atoms with Crippen molar-refractivity contribution in [3.63, 3.8) is 0 Å². The highest BCUT2D eigenvalue weighted by Crippen LogP contribution is 2.30. The van der Waals surface area contributed by atoms with Crippen LogP contribution in [0, 0.1) is 0 Å². The smallest absolute Gasteiger partial charge is 0.251 e. The highest BCUT2D eigenvalue weighted by molar-refractivity contribution is 5.94. The van der Waals surface area contributed by atoms with Crippen LogP contribution < -0.4 is 14.8 Å². The number of rotatable bonds is 3. The summed E-state index contributed by atoms with van der Waals surface area (Å²) in [6, 6.07) is 8.80. The Morgan fingerprint density at radius 3 is 2.80 bits per heavy atom. The fourth-order valence-electron chi connectivity index (χ4n) is 1.99. The van der Waals surface area contributed by atoms with E-state index >= 15 is 0 Å². The number of benzene rings is 1. The molecule has 2 aromatic rings. The molecule has 0 bridgehead atoms. The van der Waals surface area contributed by atoms with Gasteiger partial charge in [0.15, 0.2) is 11.5 Å². The number of nitrogens with one attached hydrogen (secondary N) is 1. The standard InChI is InChI=1S/C15H15NO4/c17-15(16-10-12-3-1-6-18-12)11-4-5-13-14(9-11)20-8-2-7-19-13/h1,3-6,9H,2,7-8,10H2,(H,16,17). The molecule has 0 aliphatic carbocycles. The van der Waals surface area contributed by atoms with Gasteiger partial charge in [-0.2, -0.15) is 0 Å². The first-order valence-corrected chi connectivity index (χ1v) is 6.53. The Bertz CT molecular complexity index is 592. The summed E-state index contributed by atoms with van der Waals surface area (Å²) in [4.78, 5) is 12.1. The maximum Gasteiger partial charge on any atom is 0.251 e. The largest absolute Gasteiger partial charge is 0.490 e. The summed E-state index contributed by atoms with van der Waals surface area (Å²) in [5.74, 6) is 1.85. The van der Waals surface area contributed by atoms with Crippen LogP contribution in [-0.2, 0) is 6.54 Å². The number of amides is 1. The summed E-state index contributed by atoms with van der Waals surface area (Å²) >= 11 is 0. The highest BCUT2D eigenvalue weighted by Gasteiger charge is 2.14. The van der Waals surface area contributed by atoms with Crippen molar-refractivity contribution in [2.45, 2.75) is 13.0 Å². The van der Waals surface area contributed by atoms with Crippen LogP contribution in [-0.4, -0.2) is 19.1 Å². The van der Waals surface area contributed by atoms with Crippen molar-refractivity contribution in [2.24, 2.45) is 0 Å². The molecule has 1 amide bonds. The highest BCUT2D eigenvalue weighted by atomic mass is 16.5. The number of hydrogen-bond acceptors (Lipinski definition) is 4. The van der Waals surface area contributed by atoms with Crippen molar-refractivity contribution in [2.75, 3.05) is 13.2 Å². The summed E-state index contributed by atoms with van der Waals surface area (Å²) in [5, 5.41) is 2.79. The predicted molar refractivity (Wildman–Crippen MR) is 71.9 cm³/mol. The Morgan fingerprint density at radius 2 is 2.00 bits per heavy atom. The molecule has 0 fully saturated rings. The van der Waals surface area contributed by atoms with E-state index in [0.29, 0.717) is 42.6 Å². The fourth-order valence-corrected chi connectivity index (χ4v) is 1.99. The third-order valence-corrected chi connectivity index (χ3v) is 3.01. The quantitative estimate of drug-likeness (QED) is 0.932. The summed E-state index contributed by atoms with van der Waals surface area (Å²) in [7, 11) is 0. The molecule has 0 saturated heterocycles. The molecule has 104 valence electrons. The Morgan fingerprint density at radius 1 is 1.15 bits per heavy atom. The summed E-state index contributed by atoms with van der Waals surface area (Å²) < 4.78 is 16.3. The van der Waals surface area contributed by atoms with Gasteiger partial charge in [0.1, 0.15) is 5.76 Å². The van der Waals surface area contributed by atoms with Crippen molar-refractivity contribution in [3.05, 3.63) is 47.9 Å². The van der Waals surface area contributed by atoms with Crippen LogP contribution in [0.2, 0.25) is 0 Å². The number of carbonyl (C=O) groups is 1. The summed E-state index contributed by atoms with van der Waals surface area (Å²) in [6.45, 7) is 1.60. The van der Waals surface area contributed by atoms with E-state index in [2.05, 4.69) is 5.32 Å². The SMILES string of the molecule is O=C(NCc1ccco1)c1ccc2c(c1)OCCCO2. The molecule has 1 aliphatic rings. The number of carbonyl (C=O) groups excluding carboxylic acids is 1. The van der Waals surface area contributed by atoms with E-state index in [1.165, 1.54) is 0 Å². The second kappa shape index (κ2) is 5.69. The molecule has 1 aromatic carbocycles. The van der Waals surface area contributed by atoms with Gasteiger partial charge in [0.2, 0.25) is 0 Å². The van der Waals surface area contributed by atoms with Gasteiger partial charge in [-0.05, 0) is 30.3 Å². The molecular formula is C15H15NO4. The lowest BCUT2D eigenvalue weighted by molar-refractivity contribution is 0.0947. The lowest BCUT2D eigenvalue weighted by Gasteiger charge is -2.09. The average Bonchev–Trinajstić information content (AvgIpc) is 2.88. The molecule has 0 atom stereocenters. The van der Waals surface area contributed by atoms with E-state index in [1.807, 2.05) is 6.07 Å². The Kier molecular flexibility index (Phi) is 3.58. The lowest BCUT2D eigenvalue weighted by atomic mass is 10.2. The van der Waals surface area contributed by atoms with Gasteiger partial charge in [-0.1, -0.05) is 0 Å². The first-order chi connectivity index (χ1) is 9.83. The number of furan rings is 1. The molecule has 0 unspecified atom stereocenters. The molecule has 5 nitrogen and oxygen atoms in total. The van der Waals surface area contributed by atoms with Crippen molar-refractivity contribution in [3.8, 4) is 11.5 Å². The molecular weight excluding hydrogens is 258 g/mol. The molecule has 0 saturated carbocycles. The Labute approximate surface area is 116 Å². The second-order valence-electron chi connectivity index (χ2n) is 4.47. The van der Waals surface area contributed by atoms with Gasteiger partial charge in [-0.3, -0.25) is 4.79 Å². The van der Waals surface area contributed by atoms with Crippen LogP contribution in [0.5, 0.6) is 11.5 Å². The van der Waals surface area contributed by atoms with E-state index in [-0.39, 0.29) is 5.91 Å². The first kappa shape index (κ1) is 12.6. The third-order valence-electron chi connectivity index (χ3n) is 3.01. The third kappa shape index (κ3) is 2.77. The van der Waals surface area contributed by atoms with Crippen LogP contribution in [0.25, 0.3) is 0 Å². The summed E-state index contributed by atoms with van der Waals surface area (Å²) in [5.41, 5.74) is 0.542. The molecule has 1 aliphatic heterocycles. The second-order valence-corrected chi connectivity index (χ2v) is 4.47. The zero-order chi connectivity index (χ0) is 13.8. The van der Waals surface area contributed by atoms with Gasteiger partial charge in [0, 0.05) is 12.0 Å². The fraction of sp³-hybridized carbons (Fsp3) is 0.267. The first-order valence-electron chi connectivity index (χ1n) is 6.53. The van der Waals surface area contributed by atoms with E-state index < -0.39 is 0 Å². The van der Waals surface area contributed by atoms with Crippen LogP contribution in [0.15, 0.2) is 41.0 Å². The maximum absolute atomic E-state index is 12.1. The number of ether oxygens (including phenoxy) is 2. The molecule has 3 rings (SSSR count). The Hall–Kier alpha value is -2.43. The molecule has 0 spiro atoms. The van der Waals surface area contributed by atoms with Crippen molar-refractivity contribution >= 4 is 5.91 Å². The topological polar surface area (TPSA) is 60.7 Å². The van der Waals surface area contributed by atoms with Gasteiger partial charge in [0.25, 0.3) is 5.91 Å². The predicted octanol–water partition coefficient (Wildman–Crippen LogP) is 2.37. The lowest BCUT2D eigenvalue weighted by Crippen LogP contribution is -2.22. The van der Waals surface area contributed by atoms with Gasteiger partial charge in [0.05, 0.1) is 26.0 Å². The monoisotopic (exact) mass is 273 g/mol. The van der Waals surface area contributed by atoms with Crippen LogP contribution in [0.1, 0.15) is 22.5 Å². The molecule has 5 heteroatoms. The summed E-state index contributed by atoms with van der Waals surface area (Å²) in [6.07, 6.45) is 2.42. The zero-order valence-corrected chi connectivity index (χ0v) is 10.9. The van der Waals surface area contributed by atoms with Crippen LogP contribution in [0.3, 0.4) is 0 Å². The normalized spacial score (nSPS) is 13.6. The zero-order valence-electron chi connectivity index (χ0n) is 10.9. The molecule has 1 aromatic heterocycles. The van der Waals surface area contributed by atoms with E-state index in [9.17, 15) is 4.79 Å². The van der Waals surface area contributed by atoms with Gasteiger partial charge in [-0.25, -0.2) is 0 Å². The minimum Gasteiger partial charge on any atom is -0.490 e. The van der Waals surface area contributed by atoms with Crippen LogP contribution in [0.4, 0.5) is 0 Å². The van der Waals surface area contributed by atoms with E-state index in [0.717, 1.165) is 6.42 Å². The maximum atomic E-state index is 12.1. The van der Waals surface area contributed by atoms with E-state index in [1.54, 1.807) is 30.5 Å². The molecule has 1 N–H and O–H groups in total. The molecule has 0 radical (unpaired) electrons. The molecule has 2 heterocycles. The van der Waals surface area contributed by atoms with Crippen molar-refractivity contribution in [1.29, 1.82) is 0 Å². The van der Waals surface area contributed by atoms with Crippen molar-refractivity contribution in [1.82, 2.24) is 5.32 Å².